The van der Waals surface area contributed by atoms with Crippen molar-refractivity contribution in [1.82, 2.24) is 4.90 Å². The highest BCUT2D eigenvalue weighted by Crippen LogP contribution is 2.56. The van der Waals surface area contributed by atoms with Gasteiger partial charge in [0.2, 0.25) is 5.91 Å². The second-order valence-electron chi connectivity index (χ2n) is 11.7. The van der Waals surface area contributed by atoms with Gasteiger partial charge < -0.3 is 10.4 Å². The summed E-state index contributed by atoms with van der Waals surface area (Å²) in [6.07, 6.45) is 0.367. The van der Waals surface area contributed by atoms with Gasteiger partial charge in [-0.2, -0.15) is 5.26 Å². The van der Waals surface area contributed by atoms with E-state index in [2.05, 4.69) is 11.4 Å². The molecule has 0 aromatic heterocycles. The number of benzene rings is 3. The van der Waals surface area contributed by atoms with Crippen molar-refractivity contribution in [2.24, 2.45) is 5.41 Å². The highest BCUT2D eigenvalue weighted by atomic mass is 35.5. The Labute approximate surface area is 253 Å². The molecule has 1 fully saturated rings. The van der Waals surface area contributed by atoms with E-state index in [4.69, 9.17) is 23.2 Å². The first-order chi connectivity index (χ1) is 19.7. The molecule has 1 amide bonds. The molecular weight excluding hydrogens is 583 g/mol. The van der Waals surface area contributed by atoms with Gasteiger partial charge in [-0.15, -0.1) is 0 Å². The smallest absolute Gasteiger partial charge is 0.335 e. The highest BCUT2D eigenvalue weighted by Gasteiger charge is 2.64. The van der Waals surface area contributed by atoms with Crippen LogP contribution in [0.25, 0.3) is 0 Å². The summed E-state index contributed by atoms with van der Waals surface area (Å²) in [7, 11) is 0. The number of carboxylic acids is 1. The van der Waals surface area contributed by atoms with E-state index in [1.54, 1.807) is 0 Å². The highest BCUT2D eigenvalue weighted by molar-refractivity contribution is 6.31. The van der Waals surface area contributed by atoms with Crippen molar-refractivity contribution in [2.75, 3.05) is 11.9 Å². The molecule has 10 heteroatoms. The lowest BCUT2D eigenvalue weighted by atomic mass is 9.62. The number of aromatic carboxylic acids is 1. The van der Waals surface area contributed by atoms with Gasteiger partial charge >= 0.3 is 5.97 Å². The lowest BCUT2D eigenvalue weighted by Gasteiger charge is -2.39. The summed E-state index contributed by atoms with van der Waals surface area (Å²) in [6.45, 7) is 8.05. The van der Waals surface area contributed by atoms with E-state index in [1.807, 2.05) is 32.6 Å². The third kappa shape index (κ3) is 5.74. The largest absolute Gasteiger partial charge is 0.478 e. The molecule has 6 nitrogen and oxygen atoms in total. The predicted octanol–water partition coefficient (Wildman–Crippen LogP) is 7.66. The number of anilines is 1. The van der Waals surface area contributed by atoms with Crippen molar-refractivity contribution < 1.29 is 23.5 Å². The molecule has 0 aliphatic carbocycles. The van der Waals surface area contributed by atoms with Gasteiger partial charge in [-0.3, -0.25) is 9.69 Å². The van der Waals surface area contributed by atoms with E-state index in [0.29, 0.717) is 12.1 Å². The number of likely N-dealkylation sites (N-methyl/N-ethyl adjacent to an activating group) is 1. The topological polar surface area (TPSA) is 93.4 Å². The van der Waals surface area contributed by atoms with Crippen molar-refractivity contribution in [2.45, 2.75) is 57.5 Å². The Bertz CT molecular complexity index is 1550. The van der Waals surface area contributed by atoms with Gasteiger partial charge in [0.25, 0.3) is 0 Å². The minimum Gasteiger partial charge on any atom is -0.478 e. The molecule has 42 heavy (non-hydrogen) atoms. The first-order valence-electron chi connectivity index (χ1n) is 13.5. The quantitative estimate of drug-likeness (QED) is 0.285. The molecule has 3 aromatic carbocycles. The van der Waals surface area contributed by atoms with Crippen LogP contribution in [0.2, 0.25) is 10.0 Å². The Morgan fingerprint density at radius 3 is 2.31 bits per heavy atom. The SMILES string of the molecule is CCN1C(C(=O)Nc2ccc(C(=O)O)cc2)C(c2cccc(Cl)c2F)C(C#N)(c2ccc(Cl)cc2F)C1CC(C)(C)C. The van der Waals surface area contributed by atoms with Crippen LogP contribution in [-0.4, -0.2) is 40.5 Å². The fourth-order valence-corrected chi connectivity index (χ4v) is 6.49. The molecule has 1 aliphatic rings. The van der Waals surface area contributed by atoms with Gasteiger partial charge in [0.15, 0.2) is 0 Å². The van der Waals surface area contributed by atoms with Gasteiger partial charge in [-0.05, 0) is 66.4 Å². The van der Waals surface area contributed by atoms with E-state index in [9.17, 15) is 20.0 Å². The summed E-state index contributed by atoms with van der Waals surface area (Å²) < 4.78 is 31.8. The molecule has 4 rings (SSSR count). The fourth-order valence-electron chi connectivity index (χ4n) is 6.15. The lowest BCUT2D eigenvalue weighted by Crippen LogP contribution is -2.47. The van der Waals surface area contributed by atoms with Crippen molar-refractivity contribution in [3.63, 3.8) is 0 Å². The van der Waals surface area contributed by atoms with Gasteiger partial charge in [0, 0.05) is 28.2 Å². The summed E-state index contributed by atoms with van der Waals surface area (Å²) >= 11 is 12.3. The second kappa shape index (κ2) is 12.0. The minimum absolute atomic E-state index is 0.00702. The molecule has 0 radical (unpaired) electrons. The number of nitrogens with zero attached hydrogens (tertiary/aromatic N) is 2. The number of carbonyl (C=O) groups excluding carboxylic acids is 1. The van der Waals surface area contributed by atoms with Gasteiger partial charge in [-0.25, -0.2) is 13.6 Å². The van der Waals surface area contributed by atoms with Crippen LogP contribution in [-0.2, 0) is 10.2 Å². The third-order valence-electron chi connectivity index (χ3n) is 7.81. The maximum absolute atomic E-state index is 15.9. The number of hydrogen-bond donors (Lipinski definition) is 2. The molecule has 1 aliphatic heterocycles. The van der Waals surface area contributed by atoms with Crippen LogP contribution in [0, 0.1) is 28.4 Å². The molecular formula is C32H31Cl2F2N3O3. The average molecular weight is 615 g/mol. The monoisotopic (exact) mass is 613 g/mol. The van der Waals surface area contributed by atoms with Crippen LogP contribution in [0.15, 0.2) is 60.7 Å². The fraction of sp³-hybridized carbons (Fsp3) is 0.344. The summed E-state index contributed by atoms with van der Waals surface area (Å²) in [6, 6.07) is 14.5. The molecule has 0 spiro atoms. The number of amides is 1. The zero-order valence-corrected chi connectivity index (χ0v) is 25.1. The van der Waals surface area contributed by atoms with Crippen LogP contribution >= 0.6 is 23.2 Å². The van der Waals surface area contributed by atoms with Crippen LogP contribution in [0.4, 0.5) is 14.5 Å². The van der Waals surface area contributed by atoms with E-state index in [-0.39, 0.29) is 38.7 Å². The number of carboxylic acid groups (broad SMARTS) is 1. The predicted molar refractivity (Wildman–Crippen MR) is 159 cm³/mol. The second-order valence-corrected chi connectivity index (χ2v) is 12.5. The molecule has 2 N–H and O–H groups in total. The maximum Gasteiger partial charge on any atom is 0.335 e. The molecule has 1 saturated heterocycles. The Balaban J connectivity index is 2.01. The average Bonchev–Trinajstić information content (AvgIpc) is 3.19. The number of halogens is 4. The molecule has 4 atom stereocenters. The summed E-state index contributed by atoms with van der Waals surface area (Å²) in [5.41, 5.74) is -1.75. The standard InChI is InChI=1S/C32H31Cl2F2N3O3/c1-5-39-25(16-31(2,3)4)32(17-37,22-14-11-19(33)15-24(22)35)26(21-7-6-8-23(34)27(21)36)28(39)29(40)38-20-12-9-18(10-13-20)30(41)42/h6-15,25-26,28H,5,16H2,1-4H3,(H,38,40)(H,41,42). The van der Waals surface area contributed by atoms with E-state index in [1.165, 1.54) is 54.6 Å². The van der Waals surface area contributed by atoms with Crippen molar-refractivity contribution in [3.05, 3.63) is 99.0 Å². The summed E-state index contributed by atoms with van der Waals surface area (Å²) in [5.74, 6) is -4.41. The number of carbonyl (C=O) groups is 2. The number of rotatable bonds is 7. The maximum atomic E-state index is 15.9. The molecule has 4 unspecified atom stereocenters. The molecule has 220 valence electrons. The number of hydrogen-bond acceptors (Lipinski definition) is 4. The molecule has 1 heterocycles. The summed E-state index contributed by atoms with van der Waals surface area (Å²) in [5, 5.41) is 23.1. The third-order valence-corrected chi connectivity index (χ3v) is 8.33. The first-order valence-corrected chi connectivity index (χ1v) is 14.2. The normalized spacial score (nSPS) is 22.5. The Morgan fingerprint density at radius 1 is 1.10 bits per heavy atom. The first kappa shape index (κ1) is 31.4. The zero-order chi connectivity index (χ0) is 31.0. The number of nitriles is 1. The van der Waals surface area contributed by atoms with E-state index < -0.39 is 46.9 Å². The van der Waals surface area contributed by atoms with Gasteiger partial charge in [-0.1, -0.05) is 69.1 Å². The zero-order valence-electron chi connectivity index (χ0n) is 23.6. The number of likely N-dealkylation sites (tertiary alicyclic amines) is 1. The lowest BCUT2D eigenvalue weighted by molar-refractivity contribution is -0.121. The van der Waals surface area contributed by atoms with E-state index in [0.717, 1.165) is 6.07 Å². The Morgan fingerprint density at radius 2 is 1.76 bits per heavy atom. The van der Waals surface area contributed by atoms with Crippen LogP contribution in [0.3, 0.4) is 0 Å². The summed E-state index contributed by atoms with van der Waals surface area (Å²) in [4.78, 5) is 27.4. The van der Waals surface area contributed by atoms with Crippen LogP contribution < -0.4 is 5.32 Å². The van der Waals surface area contributed by atoms with Crippen molar-refractivity contribution in [3.8, 4) is 6.07 Å². The number of nitrogens with one attached hydrogen (secondary N) is 1. The minimum atomic E-state index is -1.74. The molecule has 0 saturated carbocycles. The Hall–Kier alpha value is -3.51. The van der Waals surface area contributed by atoms with Crippen LogP contribution in [0.5, 0.6) is 0 Å². The van der Waals surface area contributed by atoms with Crippen molar-refractivity contribution in [1.29, 1.82) is 5.26 Å². The van der Waals surface area contributed by atoms with Gasteiger partial charge in [0.1, 0.15) is 17.0 Å². The Kier molecular flexibility index (Phi) is 8.98. The van der Waals surface area contributed by atoms with Crippen LogP contribution in [0.1, 0.15) is 61.5 Å². The van der Waals surface area contributed by atoms with E-state index >= 15 is 8.78 Å². The van der Waals surface area contributed by atoms with Crippen molar-refractivity contribution >= 4 is 40.8 Å². The molecule has 0 bridgehead atoms. The van der Waals surface area contributed by atoms with Gasteiger partial charge in [0.05, 0.1) is 22.7 Å². The molecule has 3 aromatic rings.